The Morgan fingerprint density at radius 3 is 2.50 bits per heavy atom. The van der Waals surface area contributed by atoms with Gasteiger partial charge in [-0.05, 0) is 49.7 Å². The predicted octanol–water partition coefficient (Wildman–Crippen LogP) is 5.88. The molecule has 150 valence electrons. The van der Waals surface area contributed by atoms with E-state index in [-0.39, 0.29) is 11.6 Å². The van der Waals surface area contributed by atoms with E-state index in [0.29, 0.717) is 26.3 Å². The fourth-order valence-electron chi connectivity index (χ4n) is 3.19. The normalized spacial score (nSPS) is 15.3. The van der Waals surface area contributed by atoms with Gasteiger partial charge in [-0.2, -0.15) is 0 Å². The molecule has 0 aliphatic carbocycles. The van der Waals surface area contributed by atoms with Crippen molar-refractivity contribution in [3.05, 3.63) is 86.5 Å². The Labute approximate surface area is 182 Å². The number of rotatable bonds is 4. The van der Waals surface area contributed by atoms with Gasteiger partial charge in [0.2, 0.25) is 0 Å². The number of hydrogen-bond acceptors (Lipinski definition) is 6. The van der Waals surface area contributed by atoms with Gasteiger partial charge in [0.15, 0.2) is 4.32 Å². The lowest BCUT2D eigenvalue weighted by Gasteiger charge is -2.17. The molecule has 1 amide bonds. The molecular weight excluding hydrogens is 420 g/mol. The van der Waals surface area contributed by atoms with Crippen LogP contribution in [0.5, 0.6) is 0 Å². The van der Waals surface area contributed by atoms with Gasteiger partial charge in [-0.3, -0.25) is 19.8 Å². The van der Waals surface area contributed by atoms with Crippen molar-refractivity contribution in [1.29, 1.82) is 0 Å². The SMILES string of the molecule is Cc1ccc(N2C(=O)/C(=C\c3ccc(-c4ccc([N+](=O)[O-])cc4)o3)SC2=S)c(C)c1. The Kier molecular flexibility index (Phi) is 5.27. The van der Waals surface area contributed by atoms with Crippen LogP contribution in [0.2, 0.25) is 0 Å². The maximum absolute atomic E-state index is 13.0. The number of aryl methyl sites for hydroxylation is 2. The minimum atomic E-state index is -0.449. The lowest BCUT2D eigenvalue weighted by Crippen LogP contribution is -2.28. The molecule has 0 saturated carbocycles. The van der Waals surface area contributed by atoms with E-state index in [9.17, 15) is 14.9 Å². The summed E-state index contributed by atoms with van der Waals surface area (Å²) >= 11 is 6.67. The van der Waals surface area contributed by atoms with Crippen molar-refractivity contribution in [2.45, 2.75) is 13.8 Å². The molecular formula is C22H16N2O4S2. The number of nitro groups is 1. The quantitative estimate of drug-likeness (QED) is 0.220. The van der Waals surface area contributed by atoms with Crippen LogP contribution in [0.3, 0.4) is 0 Å². The van der Waals surface area contributed by atoms with Crippen LogP contribution in [0.4, 0.5) is 11.4 Å². The monoisotopic (exact) mass is 436 g/mol. The van der Waals surface area contributed by atoms with Crippen molar-refractivity contribution in [2.75, 3.05) is 4.90 Å². The second-order valence-corrected chi connectivity index (χ2v) is 8.49. The van der Waals surface area contributed by atoms with Gasteiger partial charge in [-0.25, -0.2) is 0 Å². The smallest absolute Gasteiger partial charge is 0.270 e. The molecule has 0 atom stereocenters. The van der Waals surface area contributed by atoms with E-state index in [1.807, 2.05) is 32.0 Å². The molecule has 6 nitrogen and oxygen atoms in total. The summed E-state index contributed by atoms with van der Waals surface area (Å²) in [4.78, 5) is 25.3. The van der Waals surface area contributed by atoms with Gasteiger partial charge in [0.1, 0.15) is 11.5 Å². The van der Waals surface area contributed by atoms with E-state index in [2.05, 4.69) is 0 Å². The lowest BCUT2D eigenvalue weighted by atomic mass is 10.1. The Morgan fingerprint density at radius 2 is 1.83 bits per heavy atom. The summed E-state index contributed by atoms with van der Waals surface area (Å²) in [6, 6.07) is 15.5. The highest BCUT2D eigenvalue weighted by Crippen LogP contribution is 2.38. The Balaban J connectivity index is 1.59. The summed E-state index contributed by atoms with van der Waals surface area (Å²) < 4.78 is 6.29. The molecule has 0 radical (unpaired) electrons. The second-order valence-electron chi connectivity index (χ2n) is 6.81. The minimum absolute atomic E-state index is 0.0144. The maximum Gasteiger partial charge on any atom is 0.270 e. The topological polar surface area (TPSA) is 76.6 Å². The number of benzene rings is 2. The number of furan rings is 1. The van der Waals surface area contributed by atoms with Gasteiger partial charge in [-0.15, -0.1) is 0 Å². The average molecular weight is 437 g/mol. The first-order valence-electron chi connectivity index (χ1n) is 9.03. The average Bonchev–Trinajstić information content (AvgIpc) is 3.28. The van der Waals surface area contributed by atoms with Gasteiger partial charge in [0.05, 0.1) is 15.5 Å². The van der Waals surface area contributed by atoms with Gasteiger partial charge >= 0.3 is 0 Å². The van der Waals surface area contributed by atoms with Crippen LogP contribution in [-0.2, 0) is 4.79 Å². The van der Waals surface area contributed by atoms with Crippen molar-refractivity contribution in [1.82, 2.24) is 0 Å². The molecule has 1 aromatic heterocycles. The van der Waals surface area contributed by atoms with Crippen LogP contribution in [-0.4, -0.2) is 15.2 Å². The first-order valence-corrected chi connectivity index (χ1v) is 10.3. The van der Waals surface area contributed by atoms with Crippen LogP contribution < -0.4 is 4.90 Å². The zero-order valence-electron chi connectivity index (χ0n) is 16.1. The molecule has 2 aromatic carbocycles. The molecule has 4 rings (SSSR count). The summed E-state index contributed by atoms with van der Waals surface area (Å²) in [5, 5.41) is 10.8. The van der Waals surface area contributed by atoms with Gasteiger partial charge in [-0.1, -0.05) is 41.7 Å². The summed E-state index contributed by atoms with van der Waals surface area (Å²) in [5.74, 6) is 0.871. The third kappa shape index (κ3) is 3.79. The highest BCUT2D eigenvalue weighted by molar-refractivity contribution is 8.27. The molecule has 30 heavy (non-hydrogen) atoms. The maximum atomic E-state index is 13.0. The van der Waals surface area contributed by atoms with Crippen LogP contribution in [0.15, 0.2) is 63.9 Å². The predicted molar refractivity (Wildman–Crippen MR) is 122 cm³/mol. The van der Waals surface area contributed by atoms with Gasteiger partial charge in [0, 0.05) is 23.8 Å². The lowest BCUT2D eigenvalue weighted by molar-refractivity contribution is -0.384. The summed E-state index contributed by atoms with van der Waals surface area (Å²) in [7, 11) is 0. The molecule has 0 unspecified atom stereocenters. The van der Waals surface area contributed by atoms with E-state index in [0.717, 1.165) is 16.8 Å². The third-order valence-electron chi connectivity index (χ3n) is 4.65. The molecule has 8 heteroatoms. The first-order chi connectivity index (χ1) is 14.3. The molecule has 1 aliphatic rings. The zero-order chi connectivity index (χ0) is 21.4. The Bertz CT molecular complexity index is 1210. The number of non-ortho nitro benzene ring substituents is 1. The summed E-state index contributed by atoms with van der Waals surface area (Å²) in [6.45, 7) is 3.95. The van der Waals surface area contributed by atoms with Crippen molar-refractivity contribution >= 4 is 51.7 Å². The molecule has 2 heterocycles. The number of thioether (sulfide) groups is 1. The number of anilines is 1. The Morgan fingerprint density at radius 1 is 1.10 bits per heavy atom. The van der Waals surface area contributed by atoms with E-state index in [1.54, 1.807) is 35.2 Å². The summed E-state index contributed by atoms with van der Waals surface area (Å²) in [5.41, 5.74) is 3.60. The molecule has 0 bridgehead atoms. The van der Waals surface area contributed by atoms with Crippen LogP contribution in [0.25, 0.3) is 17.4 Å². The third-order valence-corrected chi connectivity index (χ3v) is 5.95. The molecule has 1 saturated heterocycles. The second kappa shape index (κ2) is 7.89. The van der Waals surface area contributed by atoms with E-state index >= 15 is 0 Å². The van der Waals surface area contributed by atoms with E-state index < -0.39 is 4.92 Å². The molecule has 3 aromatic rings. The highest BCUT2D eigenvalue weighted by Gasteiger charge is 2.34. The number of carbonyl (C=O) groups excluding carboxylic acids is 1. The number of nitro benzene ring substituents is 1. The molecule has 1 fully saturated rings. The van der Waals surface area contributed by atoms with Crippen LogP contribution in [0.1, 0.15) is 16.9 Å². The Hall–Kier alpha value is -3.23. The number of carbonyl (C=O) groups is 1. The minimum Gasteiger partial charge on any atom is -0.457 e. The zero-order valence-corrected chi connectivity index (χ0v) is 17.8. The first kappa shape index (κ1) is 20.1. The standard InChI is InChI=1S/C22H16N2O4S2/c1-13-3-9-18(14(2)11-13)23-21(25)20(30-22(23)29)12-17-8-10-19(28-17)15-4-6-16(7-5-15)24(26)27/h3-12H,1-2H3/b20-12+. The van der Waals surface area contributed by atoms with Crippen LogP contribution >= 0.6 is 24.0 Å². The summed E-state index contributed by atoms with van der Waals surface area (Å²) in [6.07, 6.45) is 1.66. The van der Waals surface area contributed by atoms with Gasteiger partial charge in [0.25, 0.3) is 11.6 Å². The van der Waals surface area contributed by atoms with Gasteiger partial charge < -0.3 is 4.42 Å². The van der Waals surface area contributed by atoms with E-state index in [4.69, 9.17) is 16.6 Å². The van der Waals surface area contributed by atoms with Crippen molar-refractivity contribution in [3.63, 3.8) is 0 Å². The number of hydrogen-bond donors (Lipinski definition) is 0. The molecule has 0 spiro atoms. The number of nitrogens with zero attached hydrogens (tertiary/aromatic N) is 2. The van der Waals surface area contributed by atoms with Crippen LogP contribution in [0, 0.1) is 24.0 Å². The van der Waals surface area contributed by atoms with Crippen molar-refractivity contribution in [2.24, 2.45) is 0 Å². The van der Waals surface area contributed by atoms with Crippen molar-refractivity contribution < 1.29 is 14.1 Å². The highest BCUT2D eigenvalue weighted by atomic mass is 32.2. The van der Waals surface area contributed by atoms with E-state index in [1.165, 1.54) is 23.9 Å². The number of amides is 1. The molecule has 1 aliphatic heterocycles. The number of thiocarbonyl (C=S) groups is 1. The molecule has 0 N–H and O–H groups in total. The van der Waals surface area contributed by atoms with Crippen molar-refractivity contribution in [3.8, 4) is 11.3 Å². The fourth-order valence-corrected chi connectivity index (χ4v) is 4.46. The fraction of sp³-hybridized carbons (Fsp3) is 0.0909. The largest absolute Gasteiger partial charge is 0.457 e.